The maximum Gasteiger partial charge on any atom is 0.251 e. The Hall–Kier alpha value is -3.61. The molecular formula is C26H29N3O4. The molecule has 7 nitrogen and oxygen atoms in total. The van der Waals surface area contributed by atoms with E-state index in [9.17, 15) is 9.59 Å². The number of Topliss-reactive ketones (excluding diaryl/α,β-unsaturated/α-hetero) is 1. The molecule has 0 aliphatic heterocycles. The Morgan fingerprint density at radius 2 is 1.97 bits per heavy atom. The molecule has 172 valence electrons. The number of rotatable bonds is 6. The highest BCUT2D eigenvalue weighted by molar-refractivity contribution is 5.99. The van der Waals surface area contributed by atoms with Crippen LogP contribution in [0.25, 0.3) is 0 Å². The van der Waals surface area contributed by atoms with Crippen molar-refractivity contribution in [2.45, 2.75) is 39.2 Å². The van der Waals surface area contributed by atoms with E-state index < -0.39 is 12.0 Å². The van der Waals surface area contributed by atoms with Crippen LogP contribution in [0, 0.1) is 13.8 Å². The van der Waals surface area contributed by atoms with Gasteiger partial charge in [-0.25, -0.2) is 0 Å². The van der Waals surface area contributed by atoms with Crippen molar-refractivity contribution in [3.05, 3.63) is 76.1 Å². The Balaban J connectivity index is 1.80. The Morgan fingerprint density at radius 1 is 1.18 bits per heavy atom. The van der Waals surface area contributed by atoms with E-state index in [1.165, 1.54) is 0 Å². The lowest BCUT2D eigenvalue weighted by molar-refractivity contribution is -0.121. The van der Waals surface area contributed by atoms with Crippen LogP contribution in [-0.4, -0.2) is 41.2 Å². The Morgan fingerprint density at radius 3 is 2.67 bits per heavy atom. The van der Waals surface area contributed by atoms with E-state index in [0.717, 1.165) is 28.1 Å². The van der Waals surface area contributed by atoms with Gasteiger partial charge in [0.05, 0.1) is 31.9 Å². The summed E-state index contributed by atoms with van der Waals surface area (Å²) in [7, 11) is 3.44. The largest absolute Gasteiger partial charge is 0.493 e. The van der Waals surface area contributed by atoms with E-state index in [4.69, 9.17) is 9.47 Å². The molecule has 0 radical (unpaired) electrons. The monoisotopic (exact) mass is 447 g/mol. The van der Waals surface area contributed by atoms with Crippen molar-refractivity contribution in [1.82, 2.24) is 15.1 Å². The molecule has 0 spiro atoms. The topological polar surface area (TPSA) is 82.5 Å². The number of nitrogens with zero attached hydrogens (tertiary/aromatic N) is 2. The first-order valence-electron chi connectivity index (χ1n) is 11.1. The zero-order valence-corrected chi connectivity index (χ0v) is 19.6. The van der Waals surface area contributed by atoms with Gasteiger partial charge in [-0.2, -0.15) is 5.10 Å². The molecule has 2 aromatic carbocycles. The molecule has 0 bridgehead atoms. The molecule has 4 rings (SSSR count). The first-order valence-corrected chi connectivity index (χ1v) is 11.1. The van der Waals surface area contributed by atoms with Crippen LogP contribution in [0.1, 0.15) is 51.3 Å². The maximum absolute atomic E-state index is 13.3. The van der Waals surface area contributed by atoms with Crippen molar-refractivity contribution in [2.24, 2.45) is 7.05 Å². The van der Waals surface area contributed by atoms with E-state index in [1.807, 2.05) is 64.2 Å². The van der Waals surface area contributed by atoms with Gasteiger partial charge < -0.3 is 14.8 Å². The summed E-state index contributed by atoms with van der Waals surface area (Å²) < 4.78 is 13.0. The molecule has 33 heavy (non-hydrogen) atoms. The highest BCUT2D eigenvalue weighted by Gasteiger charge is 2.41. The van der Waals surface area contributed by atoms with Gasteiger partial charge in [-0.3, -0.25) is 14.3 Å². The van der Waals surface area contributed by atoms with Crippen molar-refractivity contribution in [1.29, 1.82) is 0 Å². The SMILES string of the molecule is CCOc1ccc([C@@H]2c3c(C)nn(C)c3CC(=O)[C@H]2NC(=O)c2cccc(C)c2)cc1OC. The van der Waals surface area contributed by atoms with Crippen LogP contribution < -0.4 is 14.8 Å². The molecule has 7 heteroatoms. The quantitative estimate of drug-likeness (QED) is 0.625. The third-order valence-electron chi connectivity index (χ3n) is 6.14. The smallest absolute Gasteiger partial charge is 0.251 e. The van der Waals surface area contributed by atoms with E-state index in [2.05, 4.69) is 10.4 Å². The molecule has 1 heterocycles. The summed E-state index contributed by atoms with van der Waals surface area (Å²) in [5.41, 5.74) is 5.05. The van der Waals surface area contributed by atoms with E-state index >= 15 is 0 Å². The van der Waals surface area contributed by atoms with E-state index in [-0.39, 0.29) is 18.1 Å². The first-order chi connectivity index (χ1) is 15.8. The first kappa shape index (κ1) is 22.6. The van der Waals surface area contributed by atoms with Gasteiger partial charge in [0, 0.05) is 29.8 Å². The Bertz CT molecular complexity index is 1210. The van der Waals surface area contributed by atoms with Gasteiger partial charge in [-0.1, -0.05) is 23.8 Å². The van der Waals surface area contributed by atoms with Crippen molar-refractivity contribution >= 4 is 11.7 Å². The minimum Gasteiger partial charge on any atom is -0.493 e. The van der Waals surface area contributed by atoms with Crippen molar-refractivity contribution in [3.63, 3.8) is 0 Å². The Labute approximate surface area is 193 Å². The van der Waals surface area contributed by atoms with Gasteiger partial charge in [-0.15, -0.1) is 0 Å². The third-order valence-corrected chi connectivity index (χ3v) is 6.14. The van der Waals surface area contributed by atoms with Crippen LogP contribution in [0.5, 0.6) is 11.5 Å². The predicted octanol–water partition coefficient (Wildman–Crippen LogP) is 3.50. The highest BCUT2D eigenvalue weighted by atomic mass is 16.5. The number of ketones is 1. The fraction of sp³-hybridized carbons (Fsp3) is 0.346. The van der Waals surface area contributed by atoms with Gasteiger partial charge in [0.25, 0.3) is 5.91 Å². The van der Waals surface area contributed by atoms with Crippen molar-refractivity contribution in [3.8, 4) is 11.5 Å². The zero-order valence-electron chi connectivity index (χ0n) is 19.6. The lowest BCUT2D eigenvalue weighted by atomic mass is 9.76. The van der Waals surface area contributed by atoms with Gasteiger partial charge in [0.15, 0.2) is 17.3 Å². The lowest BCUT2D eigenvalue weighted by Crippen LogP contribution is -2.48. The van der Waals surface area contributed by atoms with E-state index in [0.29, 0.717) is 23.7 Å². The third kappa shape index (κ3) is 4.23. The lowest BCUT2D eigenvalue weighted by Gasteiger charge is -2.32. The van der Waals surface area contributed by atoms with Gasteiger partial charge >= 0.3 is 0 Å². The number of hydrogen-bond donors (Lipinski definition) is 1. The molecule has 1 amide bonds. The zero-order chi connectivity index (χ0) is 23.7. The summed E-state index contributed by atoms with van der Waals surface area (Å²) in [6, 6.07) is 12.3. The van der Waals surface area contributed by atoms with Crippen LogP contribution in [0.3, 0.4) is 0 Å². The van der Waals surface area contributed by atoms with Gasteiger partial charge in [-0.05, 0) is 50.6 Å². The molecule has 2 atom stereocenters. The molecule has 1 N–H and O–H groups in total. The van der Waals surface area contributed by atoms with Crippen LogP contribution in [0.4, 0.5) is 0 Å². The predicted molar refractivity (Wildman–Crippen MR) is 125 cm³/mol. The number of amides is 1. The standard InChI is InChI=1S/C26H29N3O4/c1-6-33-21-11-10-17(13-22(21)32-5)24-23-16(3)28-29(4)19(23)14-20(30)25(24)27-26(31)18-9-7-8-15(2)12-18/h7-13,24-25H,6,14H2,1-5H3,(H,27,31)/t24-,25-/m1/s1. The van der Waals surface area contributed by atoms with Crippen LogP contribution >= 0.6 is 0 Å². The highest BCUT2D eigenvalue weighted by Crippen LogP contribution is 2.40. The number of carbonyl (C=O) groups excluding carboxylic acids is 2. The number of nitrogens with one attached hydrogen (secondary N) is 1. The minimum atomic E-state index is -0.726. The molecule has 1 aliphatic rings. The number of aromatic nitrogens is 2. The number of fused-ring (bicyclic) bond motifs is 1. The number of benzene rings is 2. The van der Waals surface area contributed by atoms with Crippen LogP contribution in [0.15, 0.2) is 42.5 Å². The summed E-state index contributed by atoms with van der Waals surface area (Å²) in [5.74, 6) is 0.496. The van der Waals surface area contributed by atoms with Gasteiger partial charge in [0.1, 0.15) is 0 Å². The minimum absolute atomic E-state index is 0.0515. The maximum atomic E-state index is 13.3. The fourth-order valence-electron chi connectivity index (χ4n) is 4.65. The summed E-state index contributed by atoms with van der Waals surface area (Å²) in [5, 5.41) is 7.59. The number of hydrogen-bond acceptors (Lipinski definition) is 5. The molecule has 1 aromatic heterocycles. The fourth-order valence-corrected chi connectivity index (χ4v) is 4.65. The molecule has 0 fully saturated rings. The average molecular weight is 448 g/mol. The summed E-state index contributed by atoms with van der Waals surface area (Å²) in [6.45, 7) is 6.30. The molecule has 0 saturated heterocycles. The van der Waals surface area contributed by atoms with Crippen LogP contribution in [0.2, 0.25) is 0 Å². The molecule has 0 saturated carbocycles. The number of methoxy groups -OCH3 is 1. The second-order valence-electron chi connectivity index (χ2n) is 8.35. The van der Waals surface area contributed by atoms with Gasteiger partial charge in [0.2, 0.25) is 0 Å². The molecule has 0 unspecified atom stereocenters. The van der Waals surface area contributed by atoms with Crippen molar-refractivity contribution < 1.29 is 19.1 Å². The average Bonchev–Trinajstić information content (AvgIpc) is 3.07. The second kappa shape index (κ2) is 9.10. The number of ether oxygens (including phenoxy) is 2. The summed E-state index contributed by atoms with van der Waals surface area (Å²) in [6.07, 6.45) is 0.218. The molecule has 3 aromatic rings. The summed E-state index contributed by atoms with van der Waals surface area (Å²) in [4.78, 5) is 26.5. The second-order valence-corrected chi connectivity index (χ2v) is 8.35. The normalized spacial score (nSPS) is 17.4. The van der Waals surface area contributed by atoms with Crippen molar-refractivity contribution in [2.75, 3.05) is 13.7 Å². The van der Waals surface area contributed by atoms with Crippen LogP contribution in [-0.2, 0) is 18.3 Å². The molecular weight excluding hydrogens is 418 g/mol. The number of carbonyl (C=O) groups is 2. The summed E-state index contributed by atoms with van der Waals surface area (Å²) >= 11 is 0. The molecule has 1 aliphatic carbocycles. The van der Waals surface area contributed by atoms with E-state index in [1.54, 1.807) is 17.9 Å². The Kier molecular flexibility index (Phi) is 6.22. The number of aryl methyl sites for hydroxylation is 3.